The van der Waals surface area contributed by atoms with Gasteiger partial charge in [-0.15, -0.1) is 10.2 Å². The smallest absolute Gasteiger partial charge is 0.259 e. The van der Waals surface area contributed by atoms with Gasteiger partial charge in [0.2, 0.25) is 11.7 Å². The van der Waals surface area contributed by atoms with Gasteiger partial charge in [0.05, 0.1) is 12.7 Å². The molecule has 0 bridgehead atoms. The van der Waals surface area contributed by atoms with Gasteiger partial charge in [0.1, 0.15) is 5.75 Å². The molecule has 1 amide bonds. The molecular weight excluding hydrogens is 360 g/mol. The number of allylic oxidation sites excluding steroid dienone is 1. The third-order valence-electron chi connectivity index (χ3n) is 3.93. The number of carbonyl (C=O) groups excluding carboxylic acids is 1. The number of hydrogen-bond acceptors (Lipinski definition) is 6. The first-order valence-corrected chi connectivity index (χ1v) is 8.33. The number of nitrogens with zero attached hydrogens (tertiary/aromatic N) is 3. The van der Waals surface area contributed by atoms with Crippen molar-refractivity contribution in [1.29, 1.82) is 0 Å². The highest BCUT2D eigenvalue weighted by Gasteiger charge is 2.13. The fourth-order valence-electron chi connectivity index (χ4n) is 2.76. The highest BCUT2D eigenvalue weighted by molar-refractivity contribution is 5.91. The monoisotopic (exact) mass is 378 g/mol. The zero-order valence-corrected chi connectivity index (χ0v) is 15.3. The Labute approximate surface area is 159 Å². The number of aromatic nitrogens is 5. The first-order chi connectivity index (χ1) is 13.5. The van der Waals surface area contributed by atoms with Crippen molar-refractivity contribution in [2.45, 2.75) is 6.92 Å². The summed E-state index contributed by atoms with van der Waals surface area (Å²) in [6.45, 7) is 1.88. The Morgan fingerprint density at radius 3 is 2.54 bits per heavy atom. The van der Waals surface area contributed by atoms with Crippen LogP contribution in [0.1, 0.15) is 18.1 Å². The van der Waals surface area contributed by atoms with Crippen LogP contribution in [0, 0.1) is 0 Å². The van der Waals surface area contributed by atoms with Crippen LogP contribution in [-0.4, -0.2) is 38.6 Å². The van der Waals surface area contributed by atoms with Crippen molar-refractivity contribution >= 4 is 18.1 Å². The van der Waals surface area contributed by atoms with Gasteiger partial charge in [-0.05, 0) is 48.0 Å². The van der Waals surface area contributed by atoms with E-state index in [1.165, 1.54) is 6.08 Å². The highest BCUT2D eigenvalue weighted by atomic mass is 16.5. The number of carbonyl (C=O) groups is 1. The Balaban J connectivity index is 2.14. The number of tetrazole rings is 1. The van der Waals surface area contributed by atoms with Gasteiger partial charge in [-0.3, -0.25) is 9.59 Å². The zero-order valence-electron chi connectivity index (χ0n) is 15.3. The van der Waals surface area contributed by atoms with Gasteiger partial charge in [-0.2, -0.15) is 5.21 Å². The summed E-state index contributed by atoms with van der Waals surface area (Å²) in [5, 5.41) is 13.4. The molecule has 1 aromatic carbocycles. The molecule has 0 radical (unpaired) electrons. The molecule has 0 unspecified atom stereocenters. The molecule has 4 N–H and O–H groups in total. The van der Waals surface area contributed by atoms with Crippen LogP contribution in [-0.2, 0) is 4.79 Å². The van der Waals surface area contributed by atoms with Crippen LogP contribution in [0.25, 0.3) is 34.8 Å². The van der Waals surface area contributed by atoms with Crippen LogP contribution in [0.5, 0.6) is 5.75 Å². The summed E-state index contributed by atoms with van der Waals surface area (Å²) in [6, 6.07) is 7.04. The predicted octanol–water partition coefficient (Wildman–Crippen LogP) is 1.76. The average molecular weight is 378 g/mol. The van der Waals surface area contributed by atoms with Crippen LogP contribution in [0.4, 0.5) is 0 Å². The molecule has 28 heavy (non-hydrogen) atoms. The standard InChI is InChI=1S/C19H18N6O3/c1-3-4-11-9-13(10-12(17(11)28-2)5-8-16(20)26)15-7-6-14(19(27)21-15)18-22-24-25-23-18/h3-10H,1-2H3,(H2,20,26)(H,21,27)(H,22,23,24,25). The summed E-state index contributed by atoms with van der Waals surface area (Å²) in [5.41, 5.74) is 7.91. The molecule has 0 saturated carbocycles. The minimum atomic E-state index is -0.571. The summed E-state index contributed by atoms with van der Waals surface area (Å²) in [5.74, 6) is 0.227. The maximum Gasteiger partial charge on any atom is 0.259 e. The van der Waals surface area contributed by atoms with Gasteiger partial charge >= 0.3 is 0 Å². The van der Waals surface area contributed by atoms with Crippen molar-refractivity contribution in [3.63, 3.8) is 0 Å². The number of methoxy groups -OCH3 is 1. The van der Waals surface area contributed by atoms with E-state index >= 15 is 0 Å². The van der Waals surface area contributed by atoms with Crippen LogP contribution >= 0.6 is 0 Å². The number of nitrogens with one attached hydrogen (secondary N) is 2. The molecule has 0 fully saturated rings. The quantitative estimate of drug-likeness (QED) is 0.558. The second-order valence-corrected chi connectivity index (χ2v) is 5.77. The average Bonchev–Trinajstić information content (AvgIpc) is 3.20. The summed E-state index contributed by atoms with van der Waals surface area (Å²) < 4.78 is 5.49. The van der Waals surface area contributed by atoms with Crippen molar-refractivity contribution in [3.8, 4) is 28.4 Å². The SMILES string of the molecule is CC=Cc1cc(-c2ccc(-c3nn[nH]n3)c(=O)[nH]2)cc(C=CC(N)=O)c1OC. The van der Waals surface area contributed by atoms with Crippen molar-refractivity contribution in [3.05, 3.63) is 57.9 Å². The van der Waals surface area contributed by atoms with Gasteiger partial charge in [0.25, 0.3) is 5.56 Å². The first kappa shape index (κ1) is 18.8. The summed E-state index contributed by atoms with van der Waals surface area (Å²) in [4.78, 5) is 26.4. The maximum absolute atomic E-state index is 12.5. The van der Waals surface area contributed by atoms with Crippen molar-refractivity contribution < 1.29 is 9.53 Å². The molecule has 0 aliphatic carbocycles. The van der Waals surface area contributed by atoms with Gasteiger partial charge in [0, 0.05) is 22.9 Å². The van der Waals surface area contributed by atoms with Crippen LogP contribution < -0.4 is 16.0 Å². The fourth-order valence-corrected chi connectivity index (χ4v) is 2.76. The molecule has 3 rings (SSSR count). The second kappa shape index (κ2) is 8.12. The lowest BCUT2D eigenvalue weighted by molar-refractivity contribution is -0.113. The van der Waals surface area contributed by atoms with E-state index < -0.39 is 5.91 Å². The molecule has 2 aromatic heterocycles. The number of benzene rings is 1. The fraction of sp³-hybridized carbons (Fsp3) is 0.105. The van der Waals surface area contributed by atoms with E-state index in [0.717, 1.165) is 11.1 Å². The molecule has 9 heteroatoms. The molecule has 0 saturated heterocycles. The van der Waals surface area contributed by atoms with Crippen molar-refractivity contribution in [1.82, 2.24) is 25.6 Å². The number of hydrogen-bond donors (Lipinski definition) is 3. The lowest BCUT2D eigenvalue weighted by atomic mass is 10.00. The lowest BCUT2D eigenvalue weighted by Crippen LogP contribution is -2.10. The van der Waals surface area contributed by atoms with Gasteiger partial charge in [-0.1, -0.05) is 12.2 Å². The van der Waals surface area contributed by atoms with Crippen LogP contribution in [0.15, 0.2) is 41.2 Å². The third kappa shape index (κ3) is 3.88. The molecule has 0 aliphatic rings. The molecule has 3 aromatic rings. The maximum atomic E-state index is 12.5. The summed E-state index contributed by atoms with van der Waals surface area (Å²) in [7, 11) is 1.55. The molecule has 2 heterocycles. The summed E-state index contributed by atoms with van der Waals surface area (Å²) in [6.07, 6.45) is 6.56. The first-order valence-electron chi connectivity index (χ1n) is 8.33. The van der Waals surface area contributed by atoms with E-state index in [4.69, 9.17) is 10.5 Å². The van der Waals surface area contributed by atoms with Crippen LogP contribution in [0.2, 0.25) is 0 Å². The van der Waals surface area contributed by atoms with Gasteiger partial charge in [0.15, 0.2) is 0 Å². The number of H-pyrrole nitrogens is 2. The van der Waals surface area contributed by atoms with E-state index in [-0.39, 0.29) is 11.4 Å². The van der Waals surface area contributed by atoms with Crippen molar-refractivity contribution in [2.75, 3.05) is 7.11 Å². The predicted molar refractivity (Wildman–Crippen MR) is 105 cm³/mol. The third-order valence-corrected chi connectivity index (χ3v) is 3.93. The second-order valence-electron chi connectivity index (χ2n) is 5.77. The topological polar surface area (TPSA) is 140 Å². The molecule has 0 aliphatic heterocycles. The minimum absolute atomic E-state index is 0.210. The lowest BCUT2D eigenvalue weighted by Gasteiger charge is -2.12. The van der Waals surface area contributed by atoms with E-state index in [9.17, 15) is 9.59 Å². The Morgan fingerprint density at radius 2 is 1.96 bits per heavy atom. The van der Waals surface area contributed by atoms with E-state index in [1.807, 2.05) is 25.1 Å². The van der Waals surface area contributed by atoms with Crippen molar-refractivity contribution in [2.24, 2.45) is 5.73 Å². The Hall–Kier alpha value is -4.01. The normalized spacial score (nSPS) is 11.4. The number of rotatable bonds is 6. The molecule has 0 spiro atoms. The number of pyridine rings is 1. The number of amides is 1. The van der Waals surface area contributed by atoms with E-state index in [2.05, 4.69) is 25.6 Å². The summed E-state index contributed by atoms with van der Waals surface area (Å²) >= 11 is 0. The number of aromatic amines is 2. The Bertz CT molecular complexity index is 1110. The number of primary amides is 1. The molecule has 9 nitrogen and oxygen atoms in total. The van der Waals surface area contributed by atoms with E-state index in [0.29, 0.717) is 22.6 Å². The Kier molecular flexibility index (Phi) is 5.45. The molecule has 142 valence electrons. The van der Waals surface area contributed by atoms with Crippen LogP contribution in [0.3, 0.4) is 0 Å². The van der Waals surface area contributed by atoms with Gasteiger partial charge < -0.3 is 15.5 Å². The largest absolute Gasteiger partial charge is 0.496 e. The van der Waals surface area contributed by atoms with Gasteiger partial charge in [-0.25, -0.2) is 0 Å². The molecule has 0 atom stereocenters. The minimum Gasteiger partial charge on any atom is -0.496 e. The number of nitrogens with two attached hydrogens (primary N) is 1. The van der Waals surface area contributed by atoms with E-state index in [1.54, 1.807) is 31.4 Å². The number of ether oxygens (including phenoxy) is 1. The zero-order chi connectivity index (χ0) is 20.1. The highest BCUT2D eigenvalue weighted by Crippen LogP contribution is 2.32. The molecular formula is C19H18N6O3. The Morgan fingerprint density at radius 1 is 1.21 bits per heavy atom.